The minimum Gasteiger partial charge on any atom is -0.492 e. The van der Waals surface area contributed by atoms with Crippen molar-refractivity contribution in [2.24, 2.45) is 0 Å². The molecule has 0 unspecified atom stereocenters. The van der Waals surface area contributed by atoms with Crippen LogP contribution in [0.25, 0.3) is 0 Å². The Balaban J connectivity index is 1.72. The monoisotopic (exact) mass is 322 g/mol. The lowest BCUT2D eigenvalue weighted by molar-refractivity contribution is 0.333. The van der Waals surface area contributed by atoms with Crippen LogP contribution >= 0.6 is 15.9 Å². The second-order valence-corrected chi connectivity index (χ2v) is 4.73. The van der Waals surface area contributed by atoms with Crippen LogP contribution in [0.5, 0.6) is 11.6 Å². The summed E-state index contributed by atoms with van der Waals surface area (Å²) in [6.45, 7) is 1.30. The van der Waals surface area contributed by atoms with Gasteiger partial charge in [-0.1, -0.05) is 15.9 Å². The Morgan fingerprint density at radius 1 is 1.16 bits per heavy atom. The molecular formula is C14H15BrN2O2. The molecule has 100 valence electrons. The fourth-order valence-corrected chi connectivity index (χ4v) is 1.77. The molecule has 0 saturated heterocycles. The number of halogens is 1. The average Bonchev–Trinajstić information content (AvgIpc) is 2.46. The van der Waals surface area contributed by atoms with E-state index in [0.29, 0.717) is 19.0 Å². The van der Waals surface area contributed by atoms with E-state index in [1.807, 2.05) is 36.4 Å². The predicted molar refractivity (Wildman–Crippen MR) is 78.9 cm³/mol. The van der Waals surface area contributed by atoms with E-state index in [9.17, 15) is 0 Å². The summed E-state index contributed by atoms with van der Waals surface area (Å²) in [5.41, 5.74) is 0.945. The Kier molecular flexibility index (Phi) is 5.03. The van der Waals surface area contributed by atoms with Gasteiger partial charge in [0.2, 0.25) is 5.88 Å². The van der Waals surface area contributed by atoms with Crippen LogP contribution in [-0.4, -0.2) is 25.2 Å². The van der Waals surface area contributed by atoms with Gasteiger partial charge in [0.25, 0.3) is 0 Å². The van der Waals surface area contributed by atoms with Gasteiger partial charge in [-0.15, -0.1) is 0 Å². The zero-order chi connectivity index (χ0) is 13.5. The van der Waals surface area contributed by atoms with Gasteiger partial charge in [-0.2, -0.15) is 0 Å². The van der Waals surface area contributed by atoms with E-state index < -0.39 is 0 Å². The maximum absolute atomic E-state index is 5.60. The van der Waals surface area contributed by atoms with E-state index in [0.717, 1.165) is 15.9 Å². The van der Waals surface area contributed by atoms with E-state index in [1.165, 1.54) is 0 Å². The molecule has 0 aliphatic heterocycles. The first kappa shape index (κ1) is 13.7. The summed E-state index contributed by atoms with van der Waals surface area (Å²) in [7, 11) is 1.60. The van der Waals surface area contributed by atoms with Crippen molar-refractivity contribution in [3.63, 3.8) is 0 Å². The van der Waals surface area contributed by atoms with Crippen LogP contribution in [0.4, 0.5) is 5.69 Å². The number of methoxy groups -OCH3 is 1. The van der Waals surface area contributed by atoms with Crippen molar-refractivity contribution in [2.45, 2.75) is 0 Å². The van der Waals surface area contributed by atoms with Crippen LogP contribution in [0.1, 0.15) is 0 Å². The molecule has 0 radical (unpaired) electrons. The van der Waals surface area contributed by atoms with E-state index >= 15 is 0 Å². The average molecular weight is 323 g/mol. The van der Waals surface area contributed by atoms with Crippen molar-refractivity contribution in [1.29, 1.82) is 0 Å². The number of rotatable bonds is 6. The Hall–Kier alpha value is -1.75. The molecule has 5 heteroatoms. The fraction of sp³-hybridized carbons (Fsp3) is 0.214. The van der Waals surface area contributed by atoms with Gasteiger partial charge in [0, 0.05) is 17.1 Å². The van der Waals surface area contributed by atoms with Gasteiger partial charge in [0.05, 0.1) is 19.0 Å². The molecular weight excluding hydrogens is 308 g/mol. The molecule has 0 atom stereocenters. The molecule has 1 aromatic carbocycles. The van der Waals surface area contributed by atoms with Crippen molar-refractivity contribution in [3.05, 3.63) is 47.1 Å². The summed E-state index contributed by atoms with van der Waals surface area (Å²) in [5, 5.41) is 3.23. The first-order valence-corrected chi connectivity index (χ1v) is 6.69. The summed E-state index contributed by atoms with van der Waals surface area (Å²) in [6, 6.07) is 11.5. The minimum atomic E-state index is 0.591. The number of nitrogens with one attached hydrogen (secondary N) is 1. The highest BCUT2D eigenvalue weighted by atomic mass is 79.9. The van der Waals surface area contributed by atoms with Gasteiger partial charge in [-0.3, -0.25) is 0 Å². The van der Waals surface area contributed by atoms with Crippen molar-refractivity contribution >= 4 is 21.6 Å². The third kappa shape index (κ3) is 4.44. The lowest BCUT2D eigenvalue weighted by atomic mass is 10.3. The third-order valence-electron chi connectivity index (χ3n) is 2.46. The molecule has 4 nitrogen and oxygen atoms in total. The highest BCUT2D eigenvalue weighted by Gasteiger charge is 1.96. The predicted octanol–water partition coefficient (Wildman–Crippen LogP) is 3.34. The van der Waals surface area contributed by atoms with Crippen molar-refractivity contribution in [2.75, 3.05) is 25.6 Å². The molecule has 19 heavy (non-hydrogen) atoms. The summed E-state index contributed by atoms with van der Waals surface area (Å²) < 4.78 is 11.6. The number of benzene rings is 1. The Bertz CT molecular complexity index is 500. The summed E-state index contributed by atoms with van der Waals surface area (Å²) in [4.78, 5) is 4.11. The van der Waals surface area contributed by atoms with Crippen LogP contribution in [-0.2, 0) is 0 Å². The molecule has 0 aliphatic rings. The lowest BCUT2D eigenvalue weighted by Crippen LogP contribution is -2.11. The second kappa shape index (κ2) is 6.99. The highest BCUT2D eigenvalue weighted by molar-refractivity contribution is 9.10. The van der Waals surface area contributed by atoms with Gasteiger partial charge >= 0.3 is 0 Å². The number of hydrogen-bond acceptors (Lipinski definition) is 4. The minimum absolute atomic E-state index is 0.591. The van der Waals surface area contributed by atoms with E-state index in [4.69, 9.17) is 9.47 Å². The van der Waals surface area contributed by atoms with E-state index in [-0.39, 0.29) is 0 Å². The van der Waals surface area contributed by atoms with Gasteiger partial charge in [0.15, 0.2) is 0 Å². The zero-order valence-electron chi connectivity index (χ0n) is 10.6. The molecule has 2 aromatic rings. The van der Waals surface area contributed by atoms with Crippen LogP contribution in [0.2, 0.25) is 0 Å². The van der Waals surface area contributed by atoms with Gasteiger partial charge in [0.1, 0.15) is 12.4 Å². The molecule has 0 spiro atoms. The molecule has 2 rings (SSSR count). The normalized spacial score (nSPS) is 10.0. The maximum Gasteiger partial charge on any atom is 0.213 e. The van der Waals surface area contributed by atoms with Crippen LogP contribution in [0.15, 0.2) is 47.1 Å². The van der Waals surface area contributed by atoms with Crippen LogP contribution in [0, 0.1) is 0 Å². The maximum atomic E-state index is 5.60. The summed E-state index contributed by atoms with van der Waals surface area (Å²) in [5.74, 6) is 1.47. The standard InChI is InChI=1S/C14H15BrN2O2/c1-18-14-7-4-12(10-17-14)16-8-9-19-13-5-2-11(15)3-6-13/h2-7,10,16H,8-9H2,1H3. The fourth-order valence-electron chi connectivity index (χ4n) is 1.50. The number of anilines is 1. The first-order valence-electron chi connectivity index (χ1n) is 5.90. The van der Waals surface area contributed by atoms with Crippen molar-refractivity contribution < 1.29 is 9.47 Å². The largest absolute Gasteiger partial charge is 0.492 e. The molecule has 0 aliphatic carbocycles. The van der Waals surface area contributed by atoms with Crippen LogP contribution in [0.3, 0.4) is 0 Å². The molecule has 0 amide bonds. The number of pyridine rings is 1. The highest BCUT2D eigenvalue weighted by Crippen LogP contribution is 2.16. The van der Waals surface area contributed by atoms with Crippen molar-refractivity contribution in [3.8, 4) is 11.6 Å². The Morgan fingerprint density at radius 3 is 2.58 bits per heavy atom. The number of nitrogens with zero attached hydrogens (tertiary/aromatic N) is 1. The summed E-state index contributed by atoms with van der Waals surface area (Å²) in [6.07, 6.45) is 1.73. The third-order valence-corrected chi connectivity index (χ3v) is 2.99. The number of ether oxygens (including phenoxy) is 2. The molecule has 1 N–H and O–H groups in total. The lowest BCUT2D eigenvalue weighted by Gasteiger charge is -2.08. The molecule has 0 bridgehead atoms. The van der Waals surface area contributed by atoms with Gasteiger partial charge < -0.3 is 14.8 Å². The topological polar surface area (TPSA) is 43.4 Å². The number of hydrogen-bond donors (Lipinski definition) is 1. The molecule has 0 fully saturated rings. The Morgan fingerprint density at radius 2 is 1.95 bits per heavy atom. The quantitative estimate of drug-likeness (QED) is 0.828. The molecule has 1 aromatic heterocycles. The van der Waals surface area contributed by atoms with Crippen LogP contribution < -0.4 is 14.8 Å². The smallest absolute Gasteiger partial charge is 0.213 e. The van der Waals surface area contributed by atoms with Crippen molar-refractivity contribution in [1.82, 2.24) is 4.98 Å². The van der Waals surface area contributed by atoms with E-state index in [2.05, 4.69) is 26.2 Å². The SMILES string of the molecule is COc1ccc(NCCOc2ccc(Br)cc2)cn1. The van der Waals surface area contributed by atoms with Gasteiger partial charge in [-0.05, 0) is 30.3 Å². The first-order chi connectivity index (χ1) is 9.28. The number of aromatic nitrogens is 1. The van der Waals surface area contributed by atoms with E-state index in [1.54, 1.807) is 13.3 Å². The zero-order valence-corrected chi connectivity index (χ0v) is 12.2. The molecule has 0 saturated carbocycles. The molecule has 1 heterocycles. The van der Waals surface area contributed by atoms with Gasteiger partial charge in [-0.25, -0.2) is 4.98 Å². The Labute approximate surface area is 120 Å². The second-order valence-electron chi connectivity index (χ2n) is 3.82. The summed E-state index contributed by atoms with van der Waals surface area (Å²) >= 11 is 3.38.